The average molecular weight is 420 g/mol. The number of phenolic OH excluding ortho intramolecular Hbond substituents is 1. The van der Waals surface area contributed by atoms with Crippen LogP contribution < -0.4 is 5.32 Å². The number of amides is 2. The Hall–Kier alpha value is -1.12. The molecule has 2 rings (SSSR count). The number of phenols is 1. The quantitative estimate of drug-likeness (QED) is 0.685. The van der Waals surface area contributed by atoms with Crippen molar-refractivity contribution in [1.29, 1.82) is 0 Å². The minimum absolute atomic E-state index is 0.0297. The fourth-order valence-corrected chi connectivity index (χ4v) is 3.56. The van der Waals surface area contributed by atoms with Gasteiger partial charge in [-0.05, 0) is 45.9 Å². The Morgan fingerprint density at radius 1 is 1.45 bits per heavy atom. The van der Waals surface area contributed by atoms with Crippen molar-refractivity contribution in [2.45, 2.75) is 6.92 Å². The minimum Gasteiger partial charge on any atom is -0.506 e. The van der Waals surface area contributed by atoms with Crippen LogP contribution in [0.2, 0.25) is 0 Å². The molecule has 2 amide bonds. The third-order valence-electron chi connectivity index (χ3n) is 2.25. The topological polar surface area (TPSA) is 78.8 Å². The first-order valence-electron chi connectivity index (χ1n) is 5.35. The van der Waals surface area contributed by atoms with Crippen molar-refractivity contribution in [2.24, 2.45) is 4.99 Å². The average Bonchev–Trinajstić information content (AvgIpc) is 2.65. The highest BCUT2D eigenvalue weighted by Gasteiger charge is 2.23. The molecule has 1 aromatic rings. The number of amidine groups is 1. The summed E-state index contributed by atoms with van der Waals surface area (Å²) < 4.78 is 1.27. The zero-order valence-corrected chi connectivity index (χ0v) is 14.1. The first-order chi connectivity index (χ1) is 9.36. The summed E-state index contributed by atoms with van der Waals surface area (Å²) in [6.07, 6.45) is 1.52. The van der Waals surface area contributed by atoms with Gasteiger partial charge in [0.25, 0.3) is 5.91 Å². The summed E-state index contributed by atoms with van der Waals surface area (Å²) in [5.74, 6) is -0.713. The zero-order valence-electron chi connectivity index (χ0n) is 10.1. The van der Waals surface area contributed by atoms with Crippen LogP contribution in [0.15, 0.2) is 31.0 Å². The van der Waals surface area contributed by atoms with Crippen molar-refractivity contribution >= 4 is 66.7 Å². The van der Waals surface area contributed by atoms with Gasteiger partial charge in [-0.25, -0.2) is 0 Å². The predicted octanol–water partition coefficient (Wildman–Crippen LogP) is 3.02. The maximum absolute atomic E-state index is 11.7. The molecule has 0 aromatic heterocycles. The molecule has 0 saturated heterocycles. The number of hydrogen-bond donors (Lipinski definition) is 2. The van der Waals surface area contributed by atoms with Gasteiger partial charge in [0.1, 0.15) is 5.75 Å². The molecule has 0 unspecified atom stereocenters. The molecule has 0 spiro atoms. The van der Waals surface area contributed by atoms with E-state index in [4.69, 9.17) is 0 Å². The highest BCUT2D eigenvalue weighted by molar-refractivity contribution is 9.11. The molecule has 0 fully saturated rings. The summed E-state index contributed by atoms with van der Waals surface area (Å²) in [7, 11) is 0. The van der Waals surface area contributed by atoms with E-state index in [9.17, 15) is 14.7 Å². The van der Waals surface area contributed by atoms with E-state index in [1.54, 1.807) is 12.1 Å². The lowest BCUT2D eigenvalue weighted by Gasteiger charge is -2.04. The molecule has 8 heteroatoms. The fraction of sp³-hybridized carbons (Fsp3) is 0.0833. The number of halogens is 2. The molecule has 0 atom stereocenters. The SMILES string of the molecule is CC(=O)NC1=NC(=O)/C(=C\c2cc(Br)cc(Br)c2O)S1. The Balaban J connectivity index is 2.30. The summed E-state index contributed by atoms with van der Waals surface area (Å²) >= 11 is 7.58. The second-order valence-corrected chi connectivity index (χ2v) is 6.64. The van der Waals surface area contributed by atoms with E-state index >= 15 is 0 Å². The van der Waals surface area contributed by atoms with Crippen LogP contribution in [0.4, 0.5) is 0 Å². The molecule has 0 saturated carbocycles. The van der Waals surface area contributed by atoms with E-state index in [-0.39, 0.29) is 16.8 Å². The molecule has 104 valence electrons. The molecular formula is C12H8Br2N2O3S. The first-order valence-corrected chi connectivity index (χ1v) is 7.75. The normalized spacial score (nSPS) is 16.4. The lowest BCUT2D eigenvalue weighted by molar-refractivity contribution is -0.117. The second kappa shape index (κ2) is 6.11. The molecule has 0 bridgehead atoms. The summed E-state index contributed by atoms with van der Waals surface area (Å²) in [5.41, 5.74) is 0.473. The summed E-state index contributed by atoms with van der Waals surface area (Å²) in [6, 6.07) is 3.37. The van der Waals surface area contributed by atoms with E-state index in [1.807, 2.05) is 0 Å². The van der Waals surface area contributed by atoms with E-state index in [2.05, 4.69) is 42.2 Å². The molecule has 1 heterocycles. The molecular weight excluding hydrogens is 412 g/mol. The van der Waals surface area contributed by atoms with Gasteiger partial charge in [-0.15, -0.1) is 0 Å². The maximum Gasteiger partial charge on any atom is 0.286 e. The van der Waals surface area contributed by atoms with Gasteiger partial charge in [0.15, 0.2) is 5.17 Å². The molecule has 5 nitrogen and oxygen atoms in total. The van der Waals surface area contributed by atoms with Crippen LogP contribution in [0, 0.1) is 0 Å². The number of aliphatic imine (C=N–C) groups is 1. The van der Waals surface area contributed by atoms with Gasteiger partial charge >= 0.3 is 0 Å². The number of carbonyl (C=O) groups excluding carboxylic acids is 2. The Labute approximate surface area is 135 Å². The van der Waals surface area contributed by atoms with E-state index in [0.717, 1.165) is 16.2 Å². The molecule has 1 aliphatic rings. The first kappa shape index (κ1) is 15.3. The summed E-state index contributed by atoms with van der Waals surface area (Å²) in [6.45, 7) is 1.34. The fourth-order valence-electron chi connectivity index (χ4n) is 1.45. The van der Waals surface area contributed by atoms with Crippen molar-refractivity contribution in [3.8, 4) is 5.75 Å². The number of thioether (sulfide) groups is 1. The Morgan fingerprint density at radius 2 is 2.15 bits per heavy atom. The maximum atomic E-state index is 11.7. The van der Waals surface area contributed by atoms with Gasteiger partial charge in [0.2, 0.25) is 5.91 Å². The molecule has 1 aromatic carbocycles. The molecule has 0 aliphatic carbocycles. The summed E-state index contributed by atoms with van der Waals surface area (Å²) in [4.78, 5) is 26.7. The molecule has 1 aliphatic heterocycles. The predicted molar refractivity (Wildman–Crippen MR) is 85.3 cm³/mol. The lowest BCUT2D eigenvalue weighted by Crippen LogP contribution is -2.23. The molecule has 0 radical (unpaired) electrons. The number of nitrogens with one attached hydrogen (secondary N) is 1. The van der Waals surface area contributed by atoms with E-state index < -0.39 is 5.91 Å². The summed E-state index contributed by atoms with van der Waals surface area (Å²) in [5, 5.41) is 12.6. The van der Waals surface area contributed by atoms with Gasteiger partial charge in [0.05, 0.1) is 9.38 Å². The molecule has 20 heavy (non-hydrogen) atoms. The minimum atomic E-state index is -0.450. The largest absolute Gasteiger partial charge is 0.506 e. The van der Waals surface area contributed by atoms with Gasteiger partial charge in [-0.2, -0.15) is 4.99 Å². The third-order valence-corrected chi connectivity index (χ3v) is 4.21. The van der Waals surface area contributed by atoms with Crippen LogP contribution in [0.3, 0.4) is 0 Å². The van der Waals surface area contributed by atoms with Crippen LogP contribution >= 0.6 is 43.6 Å². The van der Waals surface area contributed by atoms with Gasteiger partial charge in [0, 0.05) is 17.0 Å². The van der Waals surface area contributed by atoms with Crippen molar-refractivity contribution in [3.05, 3.63) is 31.5 Å². The standard InChI is InChI=1S/C12H8Br2N2O3S/c1-5(17)15-12-16-11(19)9(20-12)3-6-2-7(13)4-8(14)10(6)18/h2-4,18H,1H3,(H,15,16,17,19)/b9-3+. The highest BCUT2D eigenvalue weighted by Crippen LogP contribution is 2.35. The number of hydrogen-bond acceptors (Lipinski definition) is 4. The van der Waals surface area contributed by atoms with Crippen molar-refractivity contribution in [2.75, 3.05) is 0 Å². The number of benzene rings is 1. The van der Waals surface area contributed by atoms with Crippen molar-refractivity contribution < 1.29 is 14.7 Å². The lowest BCUT2D eigenvalue weighted by atomic mass is 10.2. The molecule has 2 N–H and O–H groups in total. The Kier molecular flexibility index (Phi) is 4.66. The van der Waals surface area contributed by atoms with Gasteiger partial charge < -0.3 is 10.4 Å². The van der Waals surface area contributed by atoms with Crippen molar-refractivity contribution in [3.63, 3.8) is 0 Å². The monoisotopic (exact) mass is 418 g/mol. The van der Waals surface area contributed by atoms with Crippen LogP contribution in [-0.2, 0) is 9.59 Å². The van der Waals surface area contributed by atoms with E-state index in [1.165, 1.54) is 13.0 Å². The number of nitrogens with zero attached hydrogens (tertiary/aromatic N) is 1. The van der Waals surface area contributed by atoms with Gasteiger partial charge in [-0.3, -0.25) is 9.59 Å². The van der Waals surface area contributed by atoms with Crippen molar-refractivity contribution in [1.82, 2.24) is 5.32 Å². The Morgan fingerprint density at radius 3 is 2.80 bits per heavy atom. The van der Waals surface area contributed by atoms with Crippen LogP contribution in [-0.4, -0.2) is 22.1 Å². The Bertz CT molecular complexity index is 671. The third kappa shape index (κ3) is 3.50. The van der Waals surface area contributed by atoms with E-state index in [0.29, 0.717) is 14.9 Å². The van der Waals surface area contributed by atoms with Crippen LogP contribution in [0.1, 0.15) is 12.5 Å². The van der Waals surface area contributed by atoms with Crippen LogP contribution in [0.5, 0.6) is 5.75 Å². The number of rotatable bonds is 1. The highest BCUT2D eigenvalue weighted by atomic mass is 79.9. The van der Waals surface area contributed by atoms with Gasteiger partial charge in [-0.1, -0.05) is 15.9 Å². The number of carbonyl (C=O) groups is 2. The van der Waals surface area contributed by atoms with Crippen LogP contribution in [0.25, 0.3) is 6.08 Å². The number of aromatic hydroxyl groups is 1. The second-order valence-electron chi connectivity index (χ2n) is 3.84. The smallest absolute Gasteiger partial charge is 0.286 e. The zero-order chi connectivity index (χ0) is 14.9.